The fraction of sp³-hybridized carbons (Fsp3) is 1.00. The summed E-state index contributed by atoms with van der Waals surface area (Å²) in [5.41, 5.74) is 0. The topological polar surface area (TPSA) is 72.9 Å². The van der Waals surface area contributed by atoms with Gasteiger partial charge in [-0.15, -0.1) is 0 Å². The average molecular weight is 431 g/mol. The number of nitrogens with zero attached hydrogens (tertiary/aromatic N) is 1. The van der Waals surface area contributed by atoms with E-state index in [1.807, 2.05) is 0 Å². The van der Waals surface area contributed by atoms with Crippen LogP contribution in [0.25, 0.3) is 0 Å². The second kappa shape index (κ2) is 7.12. The van der Waals surface area contributed by atoms with E-state index >= 15 is 0 Å². The molecule has 3 fully saturated rings. The van der Waals surface area contributed by atoms with Crippen LogP contribution in [0.4, 0.5) is 0 Å². The molecule has 3 saturated heterocycles. The van der Waals surface area contributed by atoms with E-state index < -0.39 is 22.9 Å². The van der Waals surface area contributed by atoms with Gasteiger partial charge in [-0.1, -0.05) is 41.5 Å². The quantitative estimate of drug-likeness (QED) is 0.478. The van der Waals surface area contributed by atoms with Crippen molar-refractivity contribution in [2.24, 2.45) is 0 Å². The zero-order chi connectivity index (χ0) is 21.3. The van der Waals surface area contributed by atoms with Crippen molar-refractivity contribution in [3.63, 3.8) is 0 Å². The van der Waals surface area contributed by atoms with Gasteiger partial charge in [-0.05, 0) is 36.3 Å². The van der Waals surface area contributed by atoms with E-state index in [1.54, 1.807) is 0 Å². The lowest BCUT2D eigenvalue weighted by Gasteiger charge is -2.36. The van der Waals surface area contributed by atoms with E-state index in [-0.39, 0.29) is 34.4 Å². The van der Waals surface area contributed by atoms with E-state index in [2.05, 4.69) is 77.9 Å². The fourth-order valence-electron chi connectivity index (χ4n) is 3.41. The van der Waals surface area contributed by atoms with E-state index in [0.29, 0.717) is 12.6 Å². The molecule has 0 radical (unpaired) electrons. The summed E-state index contributed by atoms with van der Waals surface area (Å²) in [6.07, 6.45) is -0.775. The van der Waals surface area contributed by atoms with Crippen molar-refractivity contribution < 1.29 is 18.7 Å². The van der Waals surface area contributed by atoms with E-state index in [1.165, 1.54) is 0 Å². The van der Waals surface area contributed by atoms with E-state index in [4.69, 9.17) is 13.6 Å². The summed E-state index contributed by atoms with van der Waals surface area (Å²) in [5, 5.41) is 14.3. The highest BCUT2D eigenvalue weighted by Crippen LogP contribution is 2.46. The normalized spacial score (nSPS) is 38.5. The van der Waals surface area contributed by atoms with Crippen LogP contribution in [0, 0.1) is 0 Å². The van der Waals surface area contributed by atoms with Gasteiger partial charge >= 0.3 is 0 Å². The Morgan fingerprint density at radius 3 is 1.93 bits per heavy atom. The van der Waals surface area contributed by atoms with Crippen LogP contribution < -0.4 is 5.32 Å². The highest BCUT2D eigenvalue weighted by atomic mass is 28.4. The molecule has 6 nitrogen and oxygen atoms in total. The molecule has 28 heavy (non-hydrogen) atoms. The molecule has 2 N–H and O–H groups in total. The Kier molecular flexibility index (Phi) is 5.81. The maximum absolute atomic E-state index is 10.3. The van der Waals surface area contributed by atoms with Gasteiger partial charge in [-0.25, -0.2) is 0 Å². The van der Waals surface area contributed by atoms with Gasteiger partial charge in [0.25, 0.3) is 0 Å². The van der Waals surface area contributed by atoms with E-state index in [0.717, 1.165) is 6.61 Å². The van der Waals surface area contributed by atoms with Crippen LogP contribution in [0.15, 0.2) is 0 Å². The van der Waals surface area contributed by atoms with Gasteiger partial charge in [-0.2, -0.15) is 0 Å². The van der Waals surface area contributed by atoms with Crippen molar-refractivity contribution in [2.45, 2.75) is 114 Å². The van der Waals surface area contributed by atoms with Gasteiger partial charge in [0.2, 0.25) is 0 Å². The highest BCUT2D eigenvalue weighted by Gasteiger charge is 2.66. The minimum atomic E-state index is -1.78. The third-order valence-electron chi connectivity index (χ3n) is 7.79. The Bertz CT molecular complexity index is 588. The van der Waals surface area contributed by atoms with Crippen LogP contribution in [0.1, 0.15) is 41.5 Å². The van der Waals surface area contributed by atoms with Crippen molar-refractivity contribution >= 4 is 16.6 Å². The van der Waals surface area contributed by atoms with Crippen LogP contribution >= 0.6 is 0 Å². The predicted octanol–water partition coefficient (Wildman–Crippen LogP) is 3.10. The molecule has 3 aliphatic heterocycles. The summed E-state index contributed by atoms with van der Waals surface area (Å²) in [4.78, 5) is 2.29. The first-order valence-corrected chi connectivity index (χ1v) is 16.5. The molecule has 7 atom stereocenters. The first-order valence-electron chi connectivity index (χ1n) is 10.7. The van der Waals surface area contributed by atoms with Gasteiger partial charge in [0, 0.05) is 6.04 Å². The number of aliphatic hydroxyl groups excluding tert-OH is 1. The van der Waals surface area contributed by atoms with Crippen LogP contribution in [-0.4, -0.2) is 76.5 Å². The molecule has 3 rings (SSSR count). The van der Waals surface area contributed by atoms with Crippen molar-refractivity contribution in [1.82, 2.24) is 10.2 Å². The Labute approximate surface area is 173 Å². The number of ether oxygens (including phenoxy) is 1. The summed E-state index contributed by atoms with van der Waals surface area (Å²) in [6, 6.07) is 0.904. The number of hydrogen-bond acceptors (Lipinski definition) is 6. The monoisotopic (exact) mass is 430 g/mol. The van der Waals surface area contributed by atoms with Gasteiger partial charge < -0.3 is 24.0 Å². The second-order valence-electron chi connectivity index (χ2n) is 11.9. The maximum atomic E-state index is 10.3. The summed E-state index contributed by atoms with van der Waals surface area (Å²) in [6.45, 7) is 24.1. The summed E-state index contributed by atoms with van der Waals surface area (Å²) in [7, 11) is -3.52. The predicted molar refractivity (Wildman–Crippen MR) is 117 cm³/mol. The Morgan fingerprint density at radius 2 is 1.43 bits per heavy atom. The molecule has 3 heterocycles. The molecular weight excluding hydrogens is 388 g/mol. The number of rotatable bonds is 7. The van der Waals surface area contributed by atoms with Crippen LogP contribution in [0.2, 0.25) is 36.3 Å². The molecule has 0 aliphatic carbocycles. The number of fused-ring (bicyclic) bond motifs is 1. The molecule has 0 aromatic rings. The number of nitrogens with one attached hydrogen (secondary N) is 1. The smallest absolute Gasteiger partial charge is 0.192 e. The van der Waals surface area contributed by atoms with Crippen molar-refractivity contribution in [1.29, 1.82) is 0 Å². The van der Waals surface area contributed by atoms with Gasteiger partial charge in [-0.3, -0.25) is 4.90 Å². The molecule has 0 spiro atoms. The van der Waals surface area contributed by atoms with Gasteiger partial charge in [0.05, 0.1) is 31.3 Å². The summed E-state index contributed by atoms with van der Waals surface area (Å²) < 4.78 is 18.6. The maximum Gasteiger partial charge on any atom is 0.192 e. The molecule has 0 aromatic heterocycles. The molecule has 164 valence electrons. The molecule has 0 amide bonds. The average Bonchev–Trinajstić information content (AvgIpc) is 3.40. The van der Waals surface area contributed by atoms with Crippen LogP contribution in [-0.2, 0) is 13.6 Å². The SMILES string of the molecule is CC(C)(C)[Si](C)(C)OC[C@@H]1N[C@@H]1[C@@H]1O[C@H](O)[C@@H]2[C@H](CO[Si](C)(C)C(C)(C)C)N21. The number of hydrogen-bond donors (Lipinski definition) is 2. The lowest BCUT2D eigenvalue weighted by atomic mass is 10.2. The third-order valence-corrected chi connectivity index (χ3v) is 16.8. The molecule has 3 aliphatic rings. The van der Waals surface area contributed by atoms with Crippen molar-refractivity contribution in [3.05, 3.63) is 0 Å². The van der Waals surface area contributed by atoms with Gasteiger partial charge in [0.1, 0.15) is 6.23 Å². The standard InChI is InChI=1S/C20H42N2O4Si2/c1-19(2,3)27(7,8)24-11-13-15(21-13)17-22-14(16(22)18(23)26-17)12-25-28(9,10)20(4,5)6/h13-18,21,23H,11-12H2,1-10H3/t13-,14-,15-,16-,17-,18-,22?/m0/s1. The Morgan fingerprint density at radius 1 is 0.929 bits per heavy atom. The Balaban J connectivity index is 1.50. The molecule has 1 unspecified atom stereocenters. The molecular formula is C20H42N2O4Si2. The highest BCUT2D eigenvalue weighted by molar-refractivity contribution is 6.74. The minimum Gasteiger partial charge on any atom is -0.415 e. The lowest BCUT2D eigenvalue weighted by molar-refractivity contribution is -0.119. The Hall–Kier alpha value is 0.194. The number of aliphatic hydroxyl groups is 1. The fourth-order valence-corrected chi connectivity index (χ4v) is 5.46. The third kappa shape index (κ3) is 4.30. The molecule has 8 heteroatoms. The summed E-state index contributed by atoms with van der Waals surface area (Å²) >= 11 is 0. The van der Waals surface area contributed by atoms with E-state index in [9.17, 15) is 5.11 Å². The summed E-state index contributed by atoms with van der Waals surface area (Å²) in [5.74, 6) is 0. The van der Waals surface area contributed by atoms with Crippen LogP contribution in [0.5, 0.6) is 0 Å². The van der Waals surface area contributed by atoms with Gasteiger partial charge in [0.15, 0.2) is 22.9 Å². The first-order chi connectivity index (χ1) is 12.6. The first kappa shape index (κ1) is 22.9. The lowest BCUT2D eigenvalue weighted by Crippen LogP contribution is -2.43. The molecule has 0 bridgehead atoms. The van der Waals surface area contributed by atoms with Crippen molar-refractivity contribution in [3.8, 4) is 0 Å². The molecule has 0 aromatic carbocycles. The van der Waals surface area contributed by atoms with Crippen LogP contribution in [0.3, 0.4) is 0 Å². The van der Waals surface area contributed by atoms with Crippen molar-refractivity contribution in [2.75, 3.05) is 13.2 Å². The zero-order valence-corrected chi connectivity index (χ0v) is 21.5. The second-order valence-corrected chi connectivity index (χ2v) is 21.5. The minimum absolute atomic E-state index is 0.0685. The zero-order valence-electron chi connectivity index (χ0n) is 19.5. The largest absolute Gasteiger partial charge is 0.415 e. The molecule has 0 saturated carbocycles.